The number of amides is 1. The van der Waals surface area contributed by atoms with Crippen LogP contribution in [-0.2, 0) is 0 Å². The Morgan fingerprint density at radius 2 is 2.14 bits per heavy atom. The number of piperidine rings is 1. The van der Waals surface area contributed by atoms with Crippen molar-refractivity contribution < 1.29 is 4.79 Å². The highest BCUT2D eigenvalue weighted by Crippen LogP contribution is 2.27. The van der Waals surface area contributed by atoms with Crippen LogP contribution in [0, 0.1) is 17.2 Å². The summed E-state index contributed by atoms with van der Waals surface area (Å²) in [5.41, 5.74) is 2.08. The van der Waals surface area contributed by atoms with E-state index in [0.29, 0.717) is 17.2 Å². The topological polar surface area (TPSA) is 60.5 Å². The first-order chi connectivity index (χ1) is 10.2. The van der Waals surface area contributed by atoms with E-state index in [-0.39, 0.29) is 11.9 Å². The molecule has 2 bridgehead atoms. The summed E-state index contributed by atoms with van der Waals surface area (Å²) in [6.07, 6.45) is 2.93. The van der Waals surface area contributed by atoms with Crippen LogP contribution in [0.15, 0.2) is 30.5 Å². The van der Waals surface area contributed by atoms with Crippen LogP contribution in [0.4, 0.5) is 0 Å². The van der Waals surface area contributed by atoms with Gasteiger partial charge in [0, 0.05) is 30.8 Å². The van der Waals surface area contributed by atoms with Gasteiger partial charge in [-0.3, -0.25) is 4.79 Å². The summed E-state index contributed by atoms with van der Waals surface area (Å²) >= 11 is 0. The summed E-state index contributed by atoms with van der Waals surface area (Å²) < 4.78 is 1.76. The molecule has 0 aromatic carbocycles. The third kappa shape index (κ3) is 1.99. The molecule has 2 aromatic heterocycles. The summed E-state index contributed by atoms with van der Waals surface area (Å²) in [4.78, 5) is 14.8. The first-order valence-corrected chi connectivity index (χ1v) is 7.29. The second-order valence-corrected chi connectivity index (χ2v) is 5.93. The van der Waals surface area contributed by atoms with Gasteiger partial charge in [-0.05, 0) is 43.1 Å². The van der Waals surface area contributed by atoms with E-state index >= 15 is 0 Å². The Balaban J connectivity index is 1.58. The number of fused-ring (bicyclic) bond motifs is 3. The summed E-state index contributed by atoms with van der Waals surface area (Å²) in [5, 5.41) is 12.2. The molecule has 0 radical (unpaired) electrons. The fourth-order valence-electron chi connectivity index (χ4n) is 3.53. The average Bonchev–Trinajstić information content (AvgIpc) is 3.21. The number of nitrogens with one attached hydrogen (secondary N) is 1. The van der Waals surface area contributed by atoms with Gasteiger partial charge >= 0.3 is 0 Å². The van der Waals surface area contributed by atoms with Gasteiger partial charge in [-0.25, -0.2) is 0 Å². The van der Waals surface area contributed by atoms with Gasteiger partial charge in [-0.2, -0.15) is 5.26 Å². The molecule has 2 unspecified atom stereocenters. The van der Waals surface area contributed by atoms with Gasteiger partial charge in [0.15, 0.2) is 0 Å². The maximum absolute atomic E-state index is 12.4. The van der Waals surface area contributed by atoms with Gasteiger partial charge in [0.2, 0.25) is 0 Å². The lowest BCUT2D eigenvalue weighted by Crippen LogP contribution is -2.43. The number of nitrogens with zero attached hydrogens (tertiary/aromatic N) is 3. The maximum Gasteiger partial charge on any atom is 0.253 e. The van der Waals surface area contributed by atoms with Crippen LogP contribution in [0.1, 0.15) is 22.5 Å². The zero-order chi connectivity index (χ0) is 14.4. The molecule has 5 nitrogen and oxygen atoms in total. The minimum atomic E-state index is -0.0479. The summed E-state index contributed by atoms with van der Waals surface area (Å²) in [6.45, 7) is 3.24. The van der Waals surface area contributed by atoms with E-state index in [9.17, 15) is 4.79 Å². The lowest BCUT2D eigenvalue weighted by Gasteiger charge is -2.23. The van der Waals surface area contributed by atoms with Crippen molar-refractivity contribution in [2.24, 2.45) is 5.92 Å². The van der Waals surface area contributed by atoms with E-state index in [4.69, 9.17) is 5.26 Å². The molecule has 0 aliphatic carbocycles. The number of aromatic nitrogens is 1. The van der Waals surface area contributed by atoms with Gasteiger partial charge in [0.1, 0.15) is 11.8 Å². The van der Waals surface area contributed by atoms with Crippen molar-refractivity contribution in [1.82, 2.24) is 14.6 Å². The second kappa shape index (κ2) is 4.61. The van der Waals surface area contributed by atoms with Crippen LogP contribution in [0.3, 0.4) is 0 Å². The Kier molecular flexibility index (Phi) is 2.72. The first-order valence-electron chi connectivity index (χ1n) is 7.29. The highest BCUT2D eigenvalue weighted by molar-refractivity contribution is 5.94. The lowest BCUT2D eigenvalue weighted by molar-refractivity contribution is 0.0924. The van der Waals surface area contributed by atoms with Crippen molar-refractivity contribution >= 4 is 11.4 Å². The second-order valence-electron chi connectivity index (χ2n) is 5.93. The zero-order valence-electron chi connectivity index (χ0n) is 11.6. The van der Waals surface area contributed by atoms with Crippen molar-refractivity contribution in [2.75, 3.05) is 19.6 Å². The van der Waals surface area contributed by atoms with Crippen molar-refractivity contribution in [1.29, 1.82) is 5.26 Å². The standard InChI is InChI=1S/C16H16N4O/c17-7-14-4-3-13-2-1-12(9-20(13)14)16(21)18-15-10-19-6-5-11(15)8-19/h1-4,9,11,15H,5-6,8,10H2,(H,18,21)/t11-,15?/m0/s1. The Labute approximate surface area is 122 Å². The predicted octanol–water partition coefficient (Wildman–Crippen LogP) is 1.24. The number of carbonyl (C=O) groups is 1. The maximum atomic E-state index is 12.4. The van der Waals surface area contributed by atoms with E-state index in [1.54, 1.807) is 16.7 Å². The van der Waals surface area contributed by atoms with Crippen LogP contribution >= 0.6 is 0 Å². The van der Waals surface area contributed by atoms with Gasteiger partial charge in [-0.1, -0.05) is 0 Å². The molecule has 5 heteroatoms. The number of hydrogen-bond acceptors (Lipinski definition) is 3. The van der Waals surface area contributed by atoms with E-state index in [1.165, 1.54) is 6.42 Å². The van der Waals surface area contributed by atoms with Crippen LogP contribution < -0.4 is 5.32 Å². The minimum absolute atomic E-state index is 0.0479. The van der Waals surface area contributed by atoms with Crippen molar-refractivity contribution in [2.45, 2.75) is 12.5 Å². The average molecular weight is 280 g/mol. The Morgan fingerprint density at radius 1 is 1.29 bits per heavy atom. The fourth-order valence-corrected chi connectivity index (χ4v) is 3.53. The van der Waals surface area contributed by atoms with Crippen LogP contribution in [0.25, 0.3) is 5.52 Å². The van der Waals surface area contributed by atoms with E-state index in [1.807, 2.05) is 18.2 Å². The largest absolute Gasteiger partial charge is 0.348 e. The SMILES string of the molecule is N#Cc1ccc2ccc(C(=O)NC3CN4CC[C@H]3C4)cn12. The highest BCUT2D eigenvalue weighted by Gasteiger charge is 2.38. The van der Waals surface area contributed by atoms with E-state index < -0.39 is 0 Å². The molecule has 2 aliphatic heterocycles. The first kappa shape index (κ1) is 12.4. The zero-order valence-corrected chi connectivity index (χ0v) is 11.6. The normalized spacial score (nSPS) is 26.9. The molecule has 0 saturated carbocycles. The molecular formula is C16H16N4O. The number of nitriles is 1. The third-order valence-corrected chi connectivity index (χ3v) is 4.68. The lowest BCUT2D eigenvalue weighted by atomic mass is 10.00. The molecule has 1 amide bonds. The highest BCUT2D eigenvalue weighted by atomic mass is 16.1. The number of carbonyl (C=O) groups excluding carboxylic acids is 1. The molecule has 4 rings (SSSR count). The Morgan fingerprint density at radius 3 is 2.86 bits per heavy atom. The van der Waals surface area contributed by atoms with Crippen molar-refractivity contribution in [3.05, 3.63) is 41.7 Å². The molecular weight excluding hydrogens is 264 g/mol. The Bertz CT molecular complexity index is 757. The molecule has 1 N–H and O–H groups in total. The summed E-state index contributed by atoms with van der Waals surface area (Å²) in [6, 6.07) is 9.74. The van der Waals surface area contributed by atoms with Crippen molar-refractivity contribution in [3.8, 4) is 6.07 Å². The van der Waals surface area contributed by atoms with Gasteiger partial charge in [-0.15, -0.1) is 0 Å². The molecule has 3 atom stereocenters. The Hall–Kier alpha value is -2.32. The summed E-state index contributed by atoms with van der Waals surface area (Å²) in [5.74, 6) is 0.548. The molecule has 2 aliphatic rings. The number of pyridine rings is 1. The molecule has 106 valence electrons. The van der Waals surface area contributed by atoms with E-state index in [2.05, 4.69) is 16.3 Å². The molecule has 2 fully saturated rings. The number of hydrogen-bond donors (Lipinski definition) is 1. The van der Waals surface area contributed by atoms with Crippen LogP contribution in [0.2, 0.25) is 0 Å². The smallest absolute Gasteiger partial charge is 0.253 e. The molecule has 21 heavy (non-hydrogen) atoms. The summed E-state index contributed by atoms with van der Waals surface area (Å²) in [7, 11) is 0. The molecule has 0 spiro atoms. The molecule has 4 heterocycles. The van der Waals surface area contributed by atoms with E-state index in [0.717, 1.165) is 25.2 Å². The molecule has 2 saturated heterocycles. The predicted molar refractivity (Wildman–Crippen MR) is 77.9 cm³/mol. The minimum Gasteiger partial charge on any atom is -0.348 e. The van der Waals surface area contributed by atoms with Crippen LogP contribution in [0.5, 0.6) is 0 Å². The quantitative estimate of drug-likeness (QED) is 0.900. The number of rotatable bonds is 2. The fraction of sp³-hybridized carbons (Fsp3) is 0.375. The van der Waals surface area contributed by atoms with Crippen LogP contribution in [-0.4, -0.2) is 40.9 Å². The van der Waals surface area contributed by atoms with Gasteiger partial charge < -0.3 is 14.6 Å². The van der Waals surface area contributed by atoms with Gasteiger partial charge in [0.25, 0.3) is 5.91 Å². The van der Waals surface area contributed by atoms with Crippen molar-refractivity contribution in [3.63, 3.8) is 0 Å². The molecule has 2 aromatic rings. The van der Waals surface area contributed by atoms with Gasteiger partial charge in [0.05, 0.1) is 5.56 Å². The monoisotopic (exact) mass is 280 g/mol. The third-order valence-electron chi connectivity index (χ3n) is 4.68.